The largest absolute Gasteiger partial charge is 0.492 e. The maximum absolute atomic E-state index is 12.8. The fourth-order valence-corrected chi connectivity index (χ4v) is 6.10. The van der Waals surface area contributed by atoms with Gasteiger partial charge in [-0.05, 0) is 65.4 Å². The third-order valence-corrected chi connectivity index (χ3v) is 8.30. The molecule has 2 heterocycles. The van der Waals surface area contributed by atoms with Crippen molar-refractivity contribution in [3.05, 3.63) is 11.8 Å². The number of rotatable bonds is 13. The van der Waals surface area contributed by atoms with E-state index in [1.807, 2.05) is 6.08 Å². The van der Waals surface area contributed by atoms with E-state index in [2.05, 4.69) is 16.0 Å². The Kier molecular flexibility index (Phi) is 12.7. The van der Waals surface area contributed by atoms with Crippen LogP contribution in [0.15, 0.2) is 11.8 Å². The number of ether oxygens (including phenoxy) is 3. The lowest BCUT2D eigenvalue weighted by Gasteiger charge is -2.51. The molecule has 41 heavy (non-hydrogen) atoms. The van der Waals surface area contributed by atoms with E-state index in [1.165, 1.54) is 6.92 Å². The SMILES string of the molecule is CN[C@@H]1[C@@H](O)[C@@H](O[C@H]2[C@H](NC(=O)[C@@H](O)CCN)C[C@H](N)C([C@H]3OC(CN)=CC[C@H]3NCCCN)[C@@H]2O)OC[C@]1(C)O. The first-order valence-corrected chi connectivity index (χ1v) is 14.4. The van der Waals surface area contributed by atoms with Gasteiger partial charge in [0.05, 0.1) is 31.3 Å². The Morgan fingerprint density at radius 1 is 1.22 bits per heavy atom. The zero-order chi connectivity index (χ0) is 30.3. The van der Waals surface area contributed by atoms with Gasteiger partial charge >= 0.3 is 0 Å². The predicted molar refractivity (Wildman–Crippen MR) is 150 cm³/mol. The lowest BCUT2D eigenvalue weighted by molar-refractivity contribution is -0.297. The van der Waals surface area contributed by atoms with Crippen molar-refractivity contribution in [2.45, 2.75) is 99.2 Å². The Labute approximate surface area is 241 Å². The van der Waals surface area contributed by atoms with Gasteiger partial charge in [0.2, 0.25) is 5.91 Å². The summed E-state index contributed by atoms with van der Waals surface area (Å²) in [5.41, 5.74) is 22.3. The Hall–Kier alpha value is -1.47. The van der Waals surface area contributed by atoms with E-state index < -0.39 is 72.4 Å². The molecule has 1 saturated heterocycles. The van der Waals surface area contributed by atoms with Gasteiger partial charge < -0.3 is 73.5 Å². The van der Waals surface area contributed by atoms with Gasteiger partial charge in [-0.2, -0.15) is 0 Å². The van der Waals surface area contributed by atoms with Gasteiger partial charge in [-0.25, -0.2) is 0 Å². The molecular formula is C26H51N7O8. The van der Waals surface area contributed by atoms with Crippen molar-refractivity contribution in [3.63, 3.8) is 0 Å². The molecular weight excluding hydrogens is 538 g/mol. The summed E-state index contributed by atoms with van der Waals surface area (Å²) in [6.45, 7) is 2.80. The van der Waals surface area contributed by atoms with E-state index in [1.54, 1.807) is 7.05 Å². The van der Waals surface area contributed by atoms with Crippen molar-refractivity contribution < 1.29 is 39.4 Å². The number of likely N-dealkylation sites (N-methyl/N-ethyl adjacent to an activating group) is 1. The lowest BCUT2D eigenvalue weighted by Crippen LogP contribution is -2.69. The molecule has 1 aliphatic carbocycles. The van der Waals surface area contributed by atoms with Gasteiger partial charge in [0, 0.05) is 18.0 Å². The number of aliphatic hydroxyl groups excluding tert-OH is 3. The van der Waals surface area contributed by atoms with Crippen LogP contribution in [0.4, 0.5) is 0 Å². The summed E-state index contributed by atoms with van der Waals surface area (Å²) >= 11 is 0. The summed E-state index contributed by atoms with van der Waals surface area (Å²) in [5, 5.41) is 52.8. The van der Waals surface area contributed by atoms with Gasteiger partial charge in [0.15, 0.2) is 6.29 Å². The molecule has 15 nitrogen and oxygen atoms in total. The van der Waals surface area contributed by atoms with Gasteiger partial charge in [0.1, 0.15) is 35.8 Å². The lowest BCUT2D eigenvalue weighted by atomic mass is 9.72. The quantitative estimate of drug-likeness (QED) is 0.0901. The summed E-state index contributed by atoms with van der Waals surface area (Å²) in [5.74, 6) is -0.775. The minimum absolute atomic E-state index is 0.0466. The topological polar surface area (TPSA) is 266 Å². The van der Waals surface area contributed by atoms with Gasteiger partial charge in [-0.3, -0.25) is 4.79 Å². The van der Waals surface area contributed by atoms with Crippen LogP contribution in [0.25, 0.3) is 0 Å². The number of nitrogens with one attached hydrogen (secondary N) is 3. The summed E-state index contributed by atoms with van der Waals surface area (Å²) in [4.78, 5) is 12.8. The molecule has 0 aromatic heterocycles. The second-order valence-corrected chi connectivity index (χ2v) is 11.5. The normalized spacial score (nSPS) is 40.4. The summed E-state index contributed by atoms with van der Waals surface area (Å²) in [6, 6.07) is -2.50. The Bertz CT molecular complexity index is 868. The van der Waals surface area contributed by atoms with E-state index in [-0.39, 0.29) is 38.6 Å². The minimum Gasteiger partial charge on any atom is -0.492 e. The number of nitrogens with two attached hydrogens (primary N) is 4. The molecule has 238 valence electrons. The number of carbonyl (C=O) groups is 1. The zero-order valence-corrected chi connectivity index (χ0v) is 24.0. The van der Waals surface area contributed by atoms with Gasteiger partial charge in [-0.1, -0.05) is 0 Å². The maximum atomic E-state index is 12.8. The van der Waals surface area contributed by atoms with Crippen molar-refractivity contribution >= 4 is 5.91 Å². The van der Waals surface area contributed by atoms with Crippen molar-refractivity contribution in [3.8, 4) is 0 Å². The zero-order valence-electron chi connectivity index (χ0n) is 24.0. The van der Waals surface area contributed by atoms with E-state index >= 15 is 0 Å². The van der Waals surface area contributed by atoms with Gasteiger partial charge in [-0.15, -0.1) is 0 Å². The van der Waals surface area contributed by atoms with Crippen LogP contribution in [-0.2, 0) is 19.0 Å². The van der Waals surface area contributed by atoms with Crippen molar-refractivity contribution in [1.29, 1.82) is 0 Å². The average Bonchev–Trinajstić information content (AvgIpc) is 2.92. The smallest absolute Gasteiger partial charge is 0.249 e. The first-order chi connectivity index (χ1) is 19.5. The van der Waals surface area contributed by atoms with E-state index in [0.29, 0.717) is 25.3 Å². The number of amides is 1. The fourth-order valence-electron chi connectivity index (χ4n) is 6.10. The predicted octanol–water partition coefficient (Wildman–Crippen LogP) is -4.73. The van der Waals surface area contributed by atoms with E-state index in [9.17, 15) is 25.2 Å². The van der Waals surface area contributed by atoms with Gasteiger partial charge in [0.25, 0.3) is 0 Å². The first kappa shape index (κ1) is 34.0. The van der Waals surface area contributed by atoms with Crippen LogP contribution in [0.3, 0.4) is 0 Å². The first-order valence-electron chi connectivity index (χ1n) is 14.4. The molecule has 15 heteroatoms. The number of hydrogen-bond acceptors (Lipinski definition) is 14. The molecule has 1 saturated carbocycles. The standard InChI is InChI=1S/C26H51N7O8/c1-26(38)12-39-25(20(36)23(26)31-2)41-22-16(33-24(37)17(34)6-8-28)10-14(30)18(19(22)35)21-15(32-9-3-7-27)5-4-13(11-29)40-21/h4,14-23,25,31-32,34-36,38H,3,5-12,27-30H2,1-2H3,(H,33,37)/t14-,15+,16+,17-,18?,19-,20+,21-,22-,23+,25+,26-/m0/s1. The molecule has 3 rings (SSSR count). The number of hydrogen-bond donors (Lipinski definition) is 11. The Balaban J connectivity index is 1.90. The van der Waals surface area contributed by atoms with Crippen LogP contribution < -0.4 is 38.9 Å². The third-order valence-electron chi connectivity index (χ3n) is 8.30. The molecule has 1 amide bonds. The highest BCUT2D eigenvalue weighted by atomic mass is 16.7. The molecule has 15 N–H and O–H groups in total. The summed E-state index contributed by atoms with van der Waals surface area (Å²) < 4.78 is 18.2. The summed E-state index contributed by atoms with van der Waals surface area (Å²) in [7, 11) is 1.60. The van der Waals surface area contributed by atoms with Crippen LogP contribution in [0.2, 0.25) is 0 Å². The Morgan fingerprint density at radius 3 is 2.59 bits per heavy atom. The number of carbonyl (C=O) groups excluding carboxylic acids is 1. The molecule has 2 fully saturated rings. The molecule has 3 aliphatic rings. The molecule has 0 aromatic rings. The molecule has 0 spiro atoms. The average molecular weight is 590 g/mol. The van der Waals surface area contributed by atoms with E-state index in [0.717, 1.165) is 6.42 Å². The third kappa shape index (κ3) is 8.13. The molecule has 1 unspecified atom stereocenters. The van der Waals surface area contributed by atoms with Crippen LogP contribution in [-0.4, -0.2) is 133 Å². The highest BCUT2D eigenvalue weighted by Crippen LogP contribution is 2.37. The minimum atomic E-state index is -1.38. The second-order valence-electron chi connectivity index (χ2n) is 11.5. The van der Waals surface area contributed by atoms with E-state index in [4.69, 9.17) is 37.1 Å². The monoisotopic (exact) mass is 589 g/mol. The van der Waals surface area contributed by atoms with Crippen LogP contribution in [0.1, 0.15) is 32.6 Å². The highest BCUT2D eigenvalue weighted by molar-refractivity contribution is 5.80. The van der Waals surface area contributed by atoms with Crippen LogP contribution >= 0.6 is 0 Å². The molecule has 12 atom stereocenters. The van der Waals surface area contributed by atoms with Crippen molar-refractivity contribution in [2.75, 3.05) is 39.8 Å². The van der Waals surface area contributed by atoms with Crippen LogP contribution in [0.5, 0.6) is 0 Å². The molecule has 0 aromatic carbocycles. The highest BCUT2D eigenvalue weighted by Gasteiger charge is 2.53. The summed E-state index contributed by atoms with van der Waals surface area (Å²) in [6.07, 6.45) is -3.45. The fraction of sp³-hybridized carbons (Fsp3) is 0.885. The van der Waals surface area contributed by atoms with Crippen molar-refractivity contribution in [2.24, 2.45) is 28.9 Å². The second kappa shape index (κ2) is 15.3. The van der Waals surface area contributed by atoms with Crippen LogP contribution in [0, 0.1) is 5.92 Å². The Morgan fingerprint density at radius 2 is 1.95 bits per heavy atom. The molecule has 2 aliphatic heterocycles. The maximum Gasteiger partial charge on any atom is 0.249 e. The molecule has 0 radical (unpaired) electrons. The number of aliphatic hydroxyl groups is 4. The van der Waals surface area contributed by atoms with Crippen molar-refractivity contribution in [1.82, 2.24) is 16.0 Å². The molecule has 0 bridgehead atoms.